The molecule has 0 spiro atoms. The molecule has 0 aromatic carbocycles. The maximum atomic E-state index is 12.3. The lowest BCUT2D eigenvalue weighted by molar-refractivity contribution is 0.272. The Bertz CT molecular complexity index is 528. The van der Waals surface area contributed by atoms with Crippen LogP contribution in [0.1, 0.15) is 38.3 Å². The number of aliphatic hydroxyl groups is 1. The van der Waals surface area contributed by atoms with Gasteiger partial charge in [0.05, 0.1) is 11.5 Å². The van der Waals surface area contributed by atoms with Crippen molar-refractivity contribution in [1.82, 2.24) is 9.29 Å². The van der Waals surface area contributed by atoms with Crippen LogP contribution in [-0.4, -0.2) is 24.1 Å². The molecule has 2 N–H and O–H groups in total. The molecular formula is C13H22N2O3S. The van der Waals surface area contributed by atoms with Crippen LogP contribution in [0.3, 0.4) is 0 Å². The number of nitrogens with one attached hydrogen (secondary N) is 1. The lowest BCUT2D eigenvalue weighted by atomic mass is 9.88. The first-order valence-corrected chi connectivity index (χ1v) is 8.19. The molecule has 5 nitrogen and oxygen atoms in total. The van der Waals surface area contributed by atoms with E-state index in [1.54, 1.807) is 17.8 Å². The summed E-state index contributed by atoms with van der Waals surface area (Å²) < 4.78 is 28.9. The highest BCUT2D eigenvalue weighted by Gasteiger charge is 2.25. The summed E-state index contributed by atoms with van der Waals surface area (Å²) in [5, 5.41) is 9.11. The van der Waals surface area contributed by atoms with Crippen molar-refractivity contribution in [3.05, 3.63) is 18.0 Å². The lowest BCUT2D eigenvalue weighted by Crippen LogP contribution is -2.37. The van der Waals surface area contributed by atoms with E-state index in [1.807, 2.05) is 0 Å². The van der Waals surface area contributed by atoms with Gasteiger partial charge < -0.3 is 9.67 Å². The second-order valence-electron chi connectivity index (χ2n) is 5.51. The summed E-state index contributed by atoms with van der Waals surface area (Å²) in [6, 6.07) is 1.56. The summed E-state index contributed by atoms with van der Waals surface area (Å²) in [5.41, 5.74) is 0.595. The Morgan fingerprint density at radius 3 is 2.53 bits per heavy atom. The largest absolute Gasteiger partial charge is 0.390 e. The van der Waals surface area contributed by atoms with Crippen molar-refractivity contribution in [2.24, 2.45) is 13.0 Å². The fourth-order valence-electron chi connectivity index (χ4n) is 2.55. The molecule has 0 atom stereocenters. The minimum absolute atomic E-state index is 0.0407. The van der Waals surface area contributed by atoms with Gasteiger partial charge >= 0.3 is 0 Å². The van der Waals surface area contributed by atoms with Crippen molar-refractivity contribution >= 4 is 10.0 Å². The molecule has 0 unspecified atom stereocenters. The summed E-state index contributed by atoms with van der Waals surface area (Å²) >= 11 is 0. The second kappa shape index (κ2) is 5.64. The van der Waals surface area contributed by atoms with E-state index in [0.717, 1.165) is 25.7 Å². The fraction of sp³-hybridized carbons (Fsp3) is 0.692. The van der Waals surface area contributed by atoms with E-state index in [2.05, 4.69) is 11.6 Å². The quantitative estimate of drug-likeness (QED) is 0.878. The van der Waals surface area contributed by atoms with Crippen LogP contribution in [0.15, 0.2) is 17.2 Å². The van der Waals surface area contributed by atoms with Gasteiger partial charge in [0.15, 0.2) is 0 Å². The van der Waals surface area contributed by atoms with Crippen LogP contribution >= 0.6 is 0 Å². The Balaban J connectivity index is 2.09. The minimum Gasteiger partial charge on any atom is -0.390 e. The highest BCUT2D eigenvalue weighted by molar-refractivity contribution is 7.89. The van der Waals surface area contributed by atoms with E-state index in [9.17, 15) is 8.42 Å². The zero-order chi connectivity index (χ0) is 14.0. The third-order valence-corrected chi connectivity index (χ3v) is 5.38. The van der Waals surface area contributed by atoms with E-state index in [4.69, 9.17) is 5.11 Å². The van der Waals surface area contributed by atoms with E-state index >= 15 is 0 Å². The predicted octanol–water partition coefficient (Wildman–Crippen LogP) is 1.37. The summed E-state index contributed by atoms with van der Waals surface area (Å²) in [5.74, 6) is 0.693. The molecule has 2 rings (SSSR count). The second-order valence-corrected chi connectivity index (χ2v) is 7.23. The number of aliphatic hydroxyl groups excluding tert-OH is 1. The molecule has 1 aromatic heterocycles. The van der Waals surface area contributed by atoms with Crippen LogP contribution in [0.2, 0.25) is 0 Å². The van der Waals surface area contributed by atoms with Crippen LogP contribution in [0, 0.1) is 5.92 Å². The number of aromatic nitrogens is 1. The monoisotopic (exact) mass is 286 g/mol. The Morgan fingerprint density at radius 1 is 1.37 bits per heavy atom. The average Bonchev–Trinajstić information content (AvgIpc) is 2.74. The molecule has 108 valence electrons. The number of rotatable bonds is 4. The van der Waals surface area contributed by atoms with E-state index in [0.29, 0.717) is 11.6 Å². The van der Waals surface area contributed by atoms with Gasteiger partial charge in [-0.2, -0.15) is 0 Å². The number of sulfonamides is 1. The molecule has 0 saturated heterocycles. The number of hydrogen-bond acceptors (Lipinski definition) is 3. The van der Waals surface area contributed by atoms with Crippen LogP contribution < -0.4 is 4.72 Å². The molecule has 1 aliphatic carbocycles. The maximum Gasteiger partial charge on any atom is 0.242 e. The van der Waals surface area contributed by atoms with Gasteiger partial charge in [0.2, 0.25) is 10.0 Å². The number of nitrogens with zero attached hydrogens (tertiary/aromatic N) is 1. The minimum atomic E-state index is -3.47. The van der Waals surface area contributed by atoms with Crippen molar-refractivity contribution < 1.29 is 13.5 Å². The van der Waals surface area contributed by atoms with Gasteiger partial charge in [-0.1, -0.05) is 6.92 Å². The van der Waals surface area contributed by atoms with E-state index < -0.39 is 10.0 Å². The summed E-state index contributed by atoms with van der Waals surface area (Å²) in [7, 11) is -1.74. The molecule has 0 bridgehead atoms. The predicted molar refractivity (Wildman–Crippen MR) is 73.1 cm³/mol. The SMILES string of the molecule is CC1CCC(NS(=O)(=O)c2cc(CO)n(C)c2)CC1. The molecule has 0 radical (unpaired) electrons. The molecule has 6 heteroatoms. The van der Waals surface area contributed by atoms with E-state index in [-0.39, 0.29) is 17.5 Å². The number of aryl methyl sites for hydroxylation is 1. The Labute approximate surface area is 114 Å². The van der Waals surface area contributed by atoms with E-state index in [1.165, 1.54) is 6.07 Å². The molecule has 1 aromatic rings. The topological polar surface area (TPSA) is 71.3 Å². The van der Waals surface area contributed by atoms with Gasteiger partial charge in [0, 0.05) is 25.0 Å². The van der Waals surface area contributed by atoms with Crippen LogP contribution in [0.4, 0.5) is 0 Å². The Morgan fingerprint density at radius 2 is 2.00 bits per heavy atom. The summed E-state index contributed by atoms with van der Waals surface area (Å²) in [6.07, 6.45) is 5.49. The van der Waals surface area contributed by atoms with Crippen molar-refractivity contribution in [2.45, 2.75) is 50.2 Å². The molecule has 19 heavy (non-hydrogen) atoms. The zero-order valence-corrected chi connectivity index (χ0v) is 12.3. The average molecular weight is 286 g/mol. The van der Waals surface area contributed by atoms with Gasteiger partial charge in [-0.25, -0.2) is 13.1 Å². The smallest absolute Gasteiger partial charge is 0.242 e. The molecule has 1 aliphatic rings. The van der Waals surface area contributed by atoms with Crippen molar-refractivity contribution in [1.29, 1.82) is 0 Å². The first-order chi connectivity index (χ1) is 8.92. The summed E-state index contributed by atoms with van der Waals surface area (Å²) in [6.45, 7) is 2.04. The van der Waals surface area contributed by atoms with Gasteiger partial charge in [-0.3, -0.25) is 0 Å². The molecule has 0 amide bonds. The Kier molecular flexibility index (Phi) is 4.32. The first-order valence-electron chi connectivity index (χ1n) is 6.71. The highest BCUT2D eigenvalue weighted by atomic mass is 32.2. The normalized spacial score (nSPS) is 24.6. The van der Waals surface area contributed by atoms with Crippen molar-refractivity contribution in [3.63, 3.8) is 0 Å². The van der Waals surface area contributed by atoms with Crippen molar-refractivity contribution in [3.8, 4) is 0 Å². The van der Waals surface area contributed by atoms with Gasteiger partial charge in [0.25, 0.3) is 0 Å². The van der Waals surface area contributed by atoms with Gasteiger partial charge in [-0.05, 0) is 37.7 Å². The first kappa shape index (κ1) is 14.6. The molecular weight excluding hydrogens is 264 g/mol. The van der Waals surface area contributed by atoms with Crippen molar-refractivity contribution in [2.75, 3.05) is 0 Å². The van der Waals surface area contributed by atoms with Crippen LogP contribution in [0.5, 0.6) is 0 Å². The summed E-state index contributed by atoms with van der Waals surface area (Å²) in [4.78, 5) is 0.234. The standard InChI is InChI=1S/C13H22N2O3S/c1-10-3-5-11(6-4-10)14-19(17,18)13-7-12(9-16)15(2)8-13/h7-8,10-11,14,16H,3-6,9H2,1-2H3. The van der Waals surface area contributed by atoms with Gasteiger partial charge in [-0.15, -0.1) is 0 Å². The molecule has 1 saturated carbocycles. The molecule has 1 heterocycles. The zero-order valence-electron chi connectivity index (χ0n) is 11.5. The number of hydrogen-bond donors (Lipinski definition) is 2. The van der Waals surface area contributed by atoms with Gasteiger partial charge in [0.1, 0.15) is 0 Å². The van der Waals surface area contributed by atoms with Crippen LogP contribution in [-0.2, 0) is 23.7 Å². The molecule has 0 aliphatic heterocycles. The third kappa shape index (κ3) is 3.38. The highest BCUT2D eigenvalue weighted by Crippen LogP contribution is 2.25. The lowest BCUT2D eigenvalue weighted by Gasteiger charge is -2.26. The Hall–Kier alpha value is -0.850. The maximum absolute atomic E-state index is 12.3. The molecule has 1 fully saturated rings. The van der Waals surface area contributed by atoms with Crippen LogP contribution in [0.25, 0.3) is 0 Å². The third-order valence-electron chi connectivity index (χ3n) is 3.89. The fourth-order valence-corrected chi connectivity index (χ4v) is 3.95.